The van der Waals surface area contributed by atoms with E-state index in [0.717, 1.165) is 0 Å². The monoisotopic (exact) mass is 203 g/mol. The maximum atomic E-state index is 3.45. The highest BCUT2D eigenvalue weighted by Gasteiger charge is 2.08. The Hall–Kier alpha value is -2.24. The van der Waals surface area contributed by atoms with Crippen molar-refractivity contribution in [2.24, 2.45) is 0 Å². The van der Waals surface area contributed by atoms with Gasteiger partial charge in [0.1, 0.15) is 0 Å². The summed E-state index contributed by atoms with van der Waals surface area (Å²) < 4.78 is 0. The Kier molecular flexibility index (Phi) is 1.33. The maximum absolute atomic E-state index is 3.45. The second-order valence-electron chi connectivity index (χ2n) is 4.15. The molecule has 0 radical (unpaired) electrons. The highest BCUT2D eigenvalue weighted by molar-refractivity contribution is 6.08. The molecule has 1 heteroatoms. The number of para-hydroxylation sites is 1. The van der Waals surface area contributed by atoms with Crippen LogP contribution in [-0.4, -0.2) is 4.98 Å². The highest BCUT2D eigenvalue weighted by Crippen LogP contribution is 2.30. The average Bonchev–Trinajstić information content (AvgIpc) is 2.88. The molecule has 4 rings (SSSR count). The first-order valence-electron chi connectivity index (χ1n) is 5.39. The predicted molar refractivity (Wildman–Crippen MR) is 68.2 cm³/mol. The number of nitrogens with one attached hydrogen (secondary N) is 1. The third kappa shape index (κ3) is 0.906. The Morgan fingerprint density at radius 1 is 0.812 bits per heavy atom. The van der Waals surface area contributed by atoms with Gasteiger partial charge in [0.05, 0.1) is 0 Å². The van der Waals surface area contributed by atoms with Crippen molar-refractivity contribution in [3.63, 3.8) is 0 Å². The molecule has 0 amide bonds. The van der Waals surface area contributed by atoms with E-state index >= 15 is 0 Å². The second kappa shape index (κ2) is 2.66. The van der Waals surface area contributed by atoms with Gasteiger partial charge < -0.3 is 4.98 Å². The smallest absolute Gasteiger partial charge is 0.0471 e. The minimum absolute atomic E-state index is 1.20. The highest BCUT2D eigenvalue weighted by atomic mass is 14.7. The largest absolute Gasteiger partial charge is 0.354 e. The predicted octanol–water partition coefficient (Wildman–Crippen LogP) is 3.96. The van der Waals surface area contributed by atoms with Crippen molar-refractivity contribution in [2.45, 2.75) is 0 Å². The number of fused-ring (bicyclic) bond motifs is 4. The molecule has 16 heavy (non-hydrogen) atoms. The van der Waals surface area contributed by atoms with Gasteiger partial charge in [-0.2, -0.15) is 0 Å². The number of hydrogen-bond donors (Lipinski definition) is 1. The van der Waals surface area contributed by atoms with Gasteiger partial charge in [0.25, 0.3) is 0 Å². The van der Waals surface area contributed by atoms with Crippen molar-refractivity contribution in [2.75, 3.05) is 0 Å². The van der Waals surface area contributed by atoms with E-state index < -0.39 is 0 Å². The summed E-state index contributed by atoms with van der Waals surface area (Å²) in [7, 11) is 0. The number of benzene rings is 2. The summed E-state index contributed by atoms with van der Waals surface area (Å²) in [6, 6.07) is 12.8. The summed E-state index contributed by atoms with van der Waals surface area (Å²) in [4.78, 5) is 3.45. The molecule has 1 aromatic heterocycles. The van der Waals surface area contributed by atoms with Gasteiger partial charge in [-0.3, -0.25) is 0 Å². The zero-order valence-electron chi connectivity index (χ0n) is 8.62. The van der Waals surface area contributed by atoms with Gasteiger partial charge in [0.2, 0.25) is 0 Å². The van der Waals surface area contributed by atoms with E-state index in [1.165, 1.54) is 32.9 Å². The lowest BCUT2D eigenvalue weighted by Crippen LogP contribution is -1.77. The van der Waals surface area contributed by atoms with Crippen LogP contribution in [0.4, 0.5) is 0 Å². The molecule has 0 saturated heterocycles. The van der Waals surface area contributed by atoms with Crippen LogP contribution in [0, 0.1) is 0 Å². The minimum atomic E-state index is 1.20. The molecule has 0 fully saturated rings. The van der Waals surface area contributed by atoms with Crippen LogP contribution in [0.2, 0.25) is 0 Å². The fourth-order valence-corrected chi connectivity index (χ4v) is 2.40. The van der Waals surface area contributed by atoms with Crippen LogP contribution in [0.3, 0.4) is 0 Å². The van der Waals surface area contributed by atoms with Crippen LogP contribution in [0.5, 0.6) is 0 Å². The Labute approximate surface area is 92.7 Å². The first kappa shape index (κ1) is 7.98. The van der Waals surface area contributed by atoms with E-state index in [-0.39, 0.29) is 0 Å². The quantitative estimate of drug-likeness (QED) is 0.416. The number of hydrogen-bond acceptors (Lipinski definition) is 0. The Morgan fingerprint density at radius 3 is 2.56 bits per heavy atom. The first-order valence-corrected chi connectivity index (χ1v) is 5.39. The summed E-state index contributed by atoms with van der Waals surface area (Å²) in [5.41, 5.74) is 8.05. The van der Waals surface area contributed by atoms with Gasteiger partial charge in [-0.25, -0.2) is 0 Å². The number of aromatic amines is 1. The van der Waals surface area contributed by atoms with Gasteiger partial charge in [-0.05, 0) is 41.5 Å². The van der Waals surface area contributed by atoms with E-state index in [0.29, 0.717) is 0 Å². The van der Waals surface area contributed by atoms with E-state index in [1.54, 1.807) is 0 Å². The normalized spacial score (nSPS) is 12.8. The molecule has 1 N–H and O–H groups in total. The maximum Gasteiger partial charge on any atom is 0.0471 e. The number of H-pyrrole nitrogens is 1. The molecule has 0 atom stereocenters. The SMILES string of the molecule is C1=Cc2cc3[nH]c4ccccc4c3cc2C=1. The fraction of sp³-hybridized carbons (Fsp3) is 0. The second-order valence-corrected chi connectivity index (χ2v) is 4.15. The van der Waals surface area contributed by atoms with Crippen molar-refractivity contribution in [3.05, 3.63) is 53.3 Å². The van der Waals surface area contributed by atoms with Crippen LogP contribution in [-0.2, 0) is 0 Å². The topological polar surface area (TPSA) is 15.8 Å². The molecular weight excluding hydrogens is 194 g/mol. The van der Waals surface area contributed by atoms with Crippen LogP contribution in [0.15, 0.2) is 42.1 Å². The van der Waals surface area contributed by atoms with Gasteiger partial charge >= 0.3 is 0 Å². The van der Waals surface area contributed by atoms with Crippen molar-refractivity contribution in [1.29, 1.82) is 0 Å². The molecule has 0 bridgehead atoms. The zero-order chi connectivity index (χ0) is 10.5. The molecule has 1 aliphatic rings. The Morgan fingerprint density at radius 2 is 1.62 bits per heavy atom. The van der Waals surface area contributed by atoms with E-state index in [1.807, 2.05) is 12.2 Å². The summed E-state index contributed by atoms with van der Waals surface area (Å²) in [6.45, 7) is 0. The van der Waals surface area contributed by atoms with Crippen molar-refractivity contribution >= 4 is 34.0 Å². The zero-order valence-corrected chi connectivity index (χ0v) is 8.62. The van der Waals surface area contributed by atoms with E-state index in [4.69, 9.17) is 0 Å². The molecule has 1 aliphatic carbocycles. The molecule has 74 valence electrons. The van der Waals surface area contributed by atoms with Gasteiger partial charge in [0, 0.05) is 21.8 Å². The first-order chi connectivity index (χ1) is 7.92. The molecule has 0 saturated carbocycles. The van der Waals surface area contributed by atoms with Crippen LogP contribution in [0.25, 0.3) is 34.0 Å². The van der Waals surface area contributed by atoms with E-state index in [9.17, 15) is 0 Å². The van der Waals surface area contributed by atoms with Gasteiger partial charge in [0.15, 0.2) is 0 Å². The van der Waals surface area contributed by atoms with Crippen molar-refractivity contribution in [3.8, 4) is 0 Å². The third-order valence-corrected chi connectivity index (χ3v) is 3.19. The summed E-state index contributed by atoms with van der Waals surface area (Å²) in [5.74, 6) is 0. The lowest BCUT2D eigenvalue weighted by molar-refractivity contribution is 1.54. The lowest BCUT2D eigenvalue weighted by atomic mass is 10.1. The number of rotatable bonds is 0. The van der Waals surface area contributed by atoms with Crippen molar-refractivity contribution < 1.29 is 0 Å². The number of aromatic nitrogens is 1. The summed E-state index contributed by atoms with van der Waals surface area (Å²) in [6.07, 6.45) is 4.07. The average molecular weight is 203 g/mol. The van der Waals surface area contributed by atoms with Crippen LogP contribution < -0.4 is 0 Å². The van der Waals surface area contributed by atoms with Gasteiger partial charge in [-0.1, -0.05) is 18.2 Å². The summed E-state index contributed by atoms with van der Waals surface area (Å²) in [5, 5.41) is 2.59. The lowest BCUT2D eigenvalue weighted by Gasteiger charge is -1.97. The molecule has 0 aliphatic heterocycles. The standard InChI is InChI=1S/C15H9N/c1-2-7-14-12(6-1)13-8-10-4-3-5-11(10)9-15(13)16-14/h1-2,4-9,16H. The third-order valence-electron chi connectivity index (χ3n) is 3.19. The Balaban J connectivity index is 2.24. The van der Waals surface area contributed by atoms with Crippen LogP contribution >= 0.6 is 0 Å². The molecule has 0 unspecified atom stereocenters. The fourth-order valence-electron chi connectivity index (χ4n) is 2.40. The summed E-state index contributed by atoms with van der Waals surface area (Å²) >= 11 is 0. The molecule has 0 spiro atoms. The van der Waals surface area contributed by atoms with Crippen LogP contribution in [0.1, 0.15) is 11.1 Å². The minimum Gasteiger partial charge on any atom is -0.354 e. The molecular formula is C15H9N. The molecule has 2 aromatic carbocycles. The van der Waals surface area contributed by atoms with E-state index in [2.05, 4.69) is 47.1 Å². The molecule has 1 heterocycles. The van der Waals surface area contributed by atoms with Crippen molar-refractivity contribution in [1.82, 2.24) is 4.98 Å². The molecule has 3 aromatic rings. The Bertz CT molecular complexity index is 784. The molecule has 1 nitrogen and oxygen atoms in total. The van der Waals surface area contributed by atoms with Gasteiger partial charge in [-0.15, -0.1) is 5.73 Å².